The maximum absolute atomic E-state index is 9.90. The van der Waals surface area contributed by atoms with Gasteiger partial charge in [0.05, 0.1) is 12.9 Å². The molecule has 1 radical (unpaired) electrons. The van der Waals surface area contributed by atoms with Crippen LogP contribution in [0.4, 0.5) is 0 Å². The summed E-state index contributed by atoms with van der Waals surface area (Å²) >= 11 is 0. The molecule has 0 bridgehead atoms. The van der Waals surface area contributed by atoms with Crippen molar-refractivity contribution in [3.05, 3.63) is 12.3 Å². The van der Waals surface area contributed by atoms with E-state index >= 15 is 0 Å². The van der Waals surface area contributed by atoms with Gasteiger partial charge in [0.25, 0.3) is 0 Å². The maximum atomic E-state index is 9.90. The lowest BCUT2D eigenvalue weighted by molar-refractivity contribution is 0.214. The van der Waals surface area contributed by atoms with Crippen molar-refractivity contribution in [2.45, 2.75) is 32.6 Å². The molecule has 0 aliphatic heterocycles. The van der Waals surface area contributed by atoms with Crippen molar-refractivity contribution in [1.82, 2.24) is 0 Å². The average molecular weight is 157 g/mol. The number of unbranched alkanes of at least 4 members (excludes halogenated alkanes) is 3. The first-order valence-electron chi connectivity index (χ1n) is 4.26. The van der Waals surface area contributed by atoms with Crippen LogP contribution < -0.4 is 0 Å². The minimum absolute atomic E-state index is 0.186. The van der Waals surface area contributed by atoms with E-state index in [0.717, 1.165) is 13.0 Å². The fourth-order valence-electron chi connectivity index (χ4n) is 0.788. The second-order valence-corrected chi connectivity index (χ2v) is 2.47. The Morgan fingerprint density at radius 3 is 2.73 bits per heavy atom. The first-order valence-corrected chi connectivity index (χ1v) is 4.26. The minimum Gasteiger partial charge on any atom is -0.501 e. The predicted octanol–water partition coefficient (Wildman–Crippen LogP) is 2.53. The van der Waals surface area contributed by atoms with Crippen LogP contribution in [0.1, 0.15) is 32.6 Å². The molecule has 0 saturated heterocycles. The molecule has 0 aliphatic rings. The Hall–Kier alpha value is -0.500. The molecule has 0 aliphatic carbocycles. The zero-order valence-electron chi connectivity index (χ0n) is 7.21. The van der Waals surface area contributed by atoms with Gasteiger partial charge in [-0.15, -0.1) is 0 Å². The van der Waals surface area contributed by atoms with E-state index < -0.39 is 0 Å². The van der Waals surface area contributed by atoms with Crippen LogP contribution >= 0.6 is 0 Å². The number of rotatable bonds is 7. The van der Waals surface area contributed by atoms with Crippen molar-refractivity contribution in [3.8, 4) is 0 Å². The van der Waals surface area contributed by atoms with Crippen LogP contribution in [0.25, 0.3) is 0 Å². The summed E-state index contributed by atoms with van der Waals surface area (Å²) < 4.78 is 5.04. The fraction of sp³-hybridized carbons (Fsp3) is 0.778. The summed E-state index contributed by atoms with van der Waals surface area (Å²) in [4.78, 5) is 0. The van der Waals surface area contributed by atoms with Gasteiger partial charge in [0.2, 0.25) is 0 Å². The van der Waals surface area contributed by atoms with Gasteiger partial charge in [-0.05, 0) is 12.5 Å². The van der Waals surface area contributed by atoms with Gasteiger partial charge in [-0.1, -0.05) is 26.2 Å². The Kier molecular flexibility index (Phi) is 9.07. The van der Waals surface area contributed by atoms with Crippen molar-refractivity contribution in [2.24, 2.45) is 0 Å². The summed E-state index contributed by atoms with van der Waals surface area (Å²) in [5, 5.41) is 9.90. The van der Waals surface area contributed by atoms with Crippen LogP contribution in [-0.4, -0.2) is 13.2 Å². The van der Waals surface area contributed by atoms with E-state index in [-0.39, 0.29) is 6.61 Å². The van der Waals surface area contributed by atoms with Crippen molar-refractivity contribution >= 4 is 0 Å². The van der Waals surface area contributed by atoms with Gasteiger partial charge in [0.1, 0.15) is 6.61 Å². The Balaban J connectivity index is 2.85. The van der Waals surface area contributed by atoms with Crippen LogP contribution in [0.3, 0.4) is 0 Å². The van der Waals surface area contributed by atoms with Crippen molar-refractivity contribution in [3.63, 3.8) is 0 Å². The quantitative estimate of drug-likeness (QED) is 0.412. The molecule has 0 aromatic rings. The smallest absolute Gasteiger partial charge is 0.104 e. The third-order valence-corrected chi connectivity index (χ3v) is 1.40. The molecule has 2 nitrogen and oxygen atoms in total. The van der Waals surface area contributed by atoms with E-state index in [2.05, 4.69) is 6.92 Å². The molecule has 0 unspecified atom stereocenters. The minimum atomic E-state index is -0.186. The molecule has 0 rings (SSSR count). The topological polar surface area (TPSA) is 29.1 Å². The van der Waals surface area contributed by atoms with Crippen LogP contribution in [0, 0.1) is 0 Å². The van der Waals surface area contributed by atoms with Gasteiger partial charge in [-0.2, -0.15) is 0 Å². The number of hydrogen-bond acceptors (Lipinski definition) is 1. The van der Waals surface area contributed by atoms with Crippen LogP contribution in [-0.2, 0) is 9.84 Å². The highest BCUT2D eigenvalue weighted by molar-refractivity contribution is 4.70. The summed E-state index contributed by atoms with van der Waals surface area (Å²) in [5.74, 6) is 0. The summed E-state index contributed by atoms with van der Waals surface area (Å²) in [6.45, 7) is 2.74. The molecule has 0 heterocycles. The Labute approximate surface area is 68.9 Å². The average Bonchev–Trinajstić information content (AvgIpc) is 2.03. The van der Waals surface area contributed by atoms with Crippen LogP contribution in [0.2, 0.25) is 0 Å². The van der Waals surface area contributed by atoms with Crippen molar-refractivity contribution in [1.29, 1.82) is 0 Å². The molecular weight excluding hydrogens is 140 g/mol. The fourth-order valence-corrected chi connectivity index (χ4v) is 0.788. The zero-order chi connectivity index (χ0) is 8.36. The SMILES string of the molecule is CCCCCCOC=CC[O]. The molecule has 65 valence electrons. The monoisotopic (exact) mass is 157 g/mol. The molecule has 0 saturated carbocycles. The first-order chi connectivity index (χ1) is 5.41. The van der Waals surface area contributed by atoms with E-state index in [1.165, 1.54) is 31.6 Å². The van der Waals surface area contributed by atoms with Gasteiger partial charge in [0.15, 0.2) is 0 Å². The lowest BCUT2D eigenvalue weighted by Crippen LogP contribution is -1.87. The van der Waals surface area contributed by atoms with Crippen LogP contribution in [0.5, 0.6) is 0 Å². The normalized spacial score (nSPS) is 10.7. The van der Waals surface area contributed by atoms with Crippen LogP contribution in [0.15, 0.2) is 12.3 Å². The molecule has 0 amide bonds. The lowest BCUT2D eigenvalue weighted by atomic mass is 10.2. The molecule has 0 aromatic heterocycles. The third-order valence-electron chi connectivity index (χ3n) is 1.40. The van der Waals surface area contributed by atoms with E-state index in [1.54, 1.807) is 0 Å². The molecule has 0 spiro atoms. The summed E-state index contributed by atoms with van der Waals surface area (Å²) in [6.07, 6.45) is 7.82. The zero-order valence-corrected chi connectivity index (χ0v) is 7.21. The van der Waals surface area contributed by atoms with Gasteiger partial charge in [0, 0.05) is 0 Å². The molecule has 11 heavy (non-hydrogen) atoms. The van der Waals surface area contributed by atoms with Gasteiger partial charge in [-0.3, -0.25) is 0 Å². The van der Waals surface area contributed by atoms with Crippen molar-refractivity contribution < 1.29 is 9.84 Å². The standard InChI is InChI=1S/C9H17O2/c1-2-3-4-5-8-11-9-6-7-10/h6,9H,2-5,7-8H2,1H3. The number of ether oxygens (including phenoxy) is 1. The molecule has 0 aromatic carbocycles. The van der Waals surface area contributed by atoms with E-state index in [4.69, 9.17) is 4.74 Å². The summed E-state index contributed by atoms with van der Waals surface area (Å²) in [6, 6.07) is 0. The van der Waals surface area contributed by atoms with Gasteiger partial charge < -0.3 is 4.74 Å². The first kappa shape index (κ1) is 10.5. The highest BCUT2D eigenvalue weighted by Gasteiger charge is 1.85. The number of hydrogen-bond donors (Lipinski definition) is 0. The third kappa shape index (κ3) is 9.50. The lowest BCUT2D eigenvalue weighted by Gasteiger charge is -1.98. The summed E-state index contributed by atoms with van der Waals surface area (Å²) in [7, 11) is 0. The Morgan fingerprint density at radius 2 is 2.09 bits per heavy atom. The maximum Gasteiger partial charge on any atom is 0.104 e. The van der Waals surface area contributed by atoms with E-state index in [9.17, 15) is 5.11 Å². The second kappa shape index (κ2) is 9.50. The Bertz CT molecular complexity index is 89.6. The Morgan fingerprint density at radius 1 is 1.27 bits per heavy atom. The van der Waals surface area contributed by atoms with Gasteiger partial charge in [-0.25, -0.2) is 5.11 Å². The van der Waals surface area contributed by atoms with E-state index in [1.807, 2.05) is 0 Å². The molecule has 0 atom stereocenters. The molecular formula is C9H17O2. The highest BCUT2D eigenvalue weighted by Crippen LogP contribution is 1.98. The predicted molar refractivity (Wildman–Crippen MR) is 44.8 cm³/mol. The molecule has 0 fully saturated rings. The van der Waals surface area contributed by atoms with Crippen molar-refractivity contribution in [2.75, 3.05) is 13.2 Å². The molecule has 0 N–H and O–H groups in total. The van der Waals surface area contributed by atoms with E-state index in [0.29, 0.717) is 0 Å². The highest BCUT2D eigenvalue weighted by atomic mass is 16.5. The summed E-state index contributed by atoms with van der Waals surface area (Å²) in [5.41, 5.74) is 0. The largest absolute Gasteiger partial charge is 0.501 e. The second-order valence-electron chi connectivity index (χ2n) is 2.47. The van der Waals surface area contributed by atoms with Gasteiger partial charge >= 0.3 is 0 Å². The molecule has 2 heteroatoms.